The number of hydrogen-bond donors (Lipinski definition) is 2. The van der Waals surface area contributed by atoms with E-state index in [4.69, 9.17) is 9.84 Å². The van der Waals surface area contributed by atoms with Crippen LogP contribution >= 0.6 is 0 Å². The summed E-state index contributed by atoms with van der Waals surface area (Å²) in [6.07, 6.45) is 0.748. The van der Waals surface area contributed by atoms with E-state index < -0.39 is 5.97 Å². The fourth-order valence-electron chi connectivity index (χ4n) is 2.52. The van der Waals surface area contributed by atoms with Gasteiger partial charge in [0.15, 0.2) is 0 Å². The molecule has 21 heavy (non-hydrogen) atoms. The van der Waals surface area contributed by atoms with Crippen LogP contribution in [0, 0.1) is 0 Å². The van der Waals surface area contributed by atoms with Crippen LogP contribution in [0.2, 0.25) is 0 Å². The Balaban J connectivity index is 1.92. The first-order chi connectivity index (χ1) is 10.1. The molecular formula is C15H20N2O4. The van der Waals surface area contributed by atoms with Crippen LogP contribution in [0.3, 0.4) is 0 Å². The minimum absolute atomic E-state index is 0.0506. The van der Waals surface area contributed by atoms with Gasteiger partial charge in [-0.05, 0) is 18.6 Å². The standard InChI is InChI=1S/C15H20N2O4/c1-2-12-14(18)16-7-8-17(12)9-10-21-13-6-4-3-5-11(13)15(19)20/h3-6,12H,2,7-10H2,1H3,(H,16,18)(H,19,20)/t12-/m0/s1. The number of nitrogens with one attached hydrogen (secondary N) is 1. The van der Waals surface area contributed by atoms with Gasteiger partial charge in [0.2, 0.25) is 5.91 Å². The van der Waals surface area contributed by atoms with E-state index >= 15 is 0 Å². The van der Waals surface area contributed by atoms with Crippen molar-refractivity contribution in [2.45, 2.75) is 19.4 Å². The zero-order valence-electron chi connectivity index (χ0n) is 12.0. The molecule has 1 aromatic carbocycles. The summed E-state index contributed by atoms with van der Waals surface area (Å²) in [4.78, 5) is 24.9. The Morgan fingerprint density at radius 3 is 2.95 bits per heavy atom. The highest BCUT2D eigenvalue weighted by Gasteiger charge is 2.27. The maximum absolute atomic E-state index is 11.7. The Bertz CT molecular complexity index is 518. The van der Waals surface area contributed by atoms with Crippen molar-refractivity contribution in [1.29, 1.82) is 0 Å². The molecular weight excluding hydrogens is 272 g/mol. The molecule has 1 amide bonds. The van der Waals surface area contributed by atoms with Crippen molar-refractivity contribution < 1.29 is 19.4 Å². The van der Waals surface area contributed by atoms with Gasteiger partial charge in [-0.3, -0.25) is 9.69 Å². The van der Waals surface area contributed by atoms with Crippen molar-refractivity contribution >= 4 is 11.9 Å². The van der Waals surface area contributed by atoms with Gasteiger partial charge in [-0.1, -0.05) is 19.1 Å². The van der Waals surface area contributed by atoms with Crippen LogP contribution in [-0.2, 0) is 4.79 Å². The predicted molar refractivity (Wildman–Crippen MR) is 77.6 cm³/mol. The Morgan fingerprint density at radius 2 is 2.24 bits per heavy atom. The van der Waals surface area contributed by atoms with Crippen molar-refractivity contribution in [1.82, 2.24) is 10.2 Å². The van der Waals surface area contributed by atoms with E-state index in [1.165, 1.54) is 6.07 Å². The summed E-state index contributed by atoms with van der Waals surface area (Å²) in [5.74, 6) is -0.594. The normalized spacial score (nSPS) is 19.1. The van der Waals surface area contributed by atoms with Crippen LogP contribution in [0.1, 0.15) is 23.7 Å². The van der Waals surface area contributed by atoms with Gasteiger partial charge in [0.25, 0.3) is 0 Å². The lowest BCUT2D eigenvalue weighted by Crippen LogP contribution is -2.55. The highest BCUT2D eigenvalue weighted by Crippen LogP contribution is 2.18. The average molecular weight is 292 g/mol. The number of hydrogen-bond acceptors (Lipinski definition) is 4. The molecule has 0 unspecified atom stereocenters. The molecule has 0 bridgehead atoms. The Kier molecular flexibility index (Phi) is 5.16. The predicted octanol–water partition coefficient (Wildman–Crippen LogP) is 0.974. The van der Waals surface area contributed by atoms with E-state index in [1.807, 2.05) is 6.92 Å². The molecule has 1 saturated heterocycles. The molecule has 2 N–H and O–H groups in total. The van der Waals surface area contributed by atoms with E-state index in [0.29, 0.717) is 25.4 Å². The van der Waals surface area contributed by atoms with Crippen molar-refractivity contribution in [2.75, 3.05) is 26.2 Å². The number of carbonyl (C=O) groups is 2. The molecule has 0 saturated carbocycles. The third-order valence-corrected chi connectivity index (χ3v) is 3.58. The maximum Gasteiger partial charge on any atom is 0.339 e. The van der Waals surface area contributed by atoms with Crippen LogP contribution in [0.5, 0.6) is 5.75 Å². The van der Waals surface area contributed by atoms with Crippen LogP contribution in [0.25, 0.3) is 0 Å². The van der Waals surface area contributed by atoms with Crippen molar-refractivity contribution in [3.8, 4) is 5.75 Å². The molecule has 1 heterocycles. The summed E-state index contributed by atoms with van der Waals surface area (Å²) >= 11 is 0. The number of carboxylic acid groups (broad SMARTS) is 1. The molecule has 0 aromatic heterocycles. The van der Waals surface area contributed by atoms with Crippen LogP contribution in [0.15, 0.2) is 24.3 Å². The molecule has 6 heteroatoms. The SMILES string of the molecule is CC[C@H]1C(=O)NCCN1CCOc1ccccc1C(=O)O. The number of nitrogens with zero attached hydrogens (tertiary/aromatic N) is 1. The molecule has 1 aliphatic heterocycles. The van der Waals surface area contributed by atoms with E-state index in [1.54, 1.807) is 18.2 Å². The number of rotatable bonds is 6. The number of ether oxygens (including phenoxy) is 1. The van der Waals surface area contributed by atoms with E-state index in [0.717, 1.165) is 13.0 Å². The first-order valence-corrected chi connectivity index (χ1v) is 7.10. The number of amides is 1. The summed E-state index contributed by atoms with van der Waals surface area (Å²) in [5.41, 5.74) is 0.154. The first-order valence-electron chi connectivity index (χ1n) is 7.10. The number of carbonyl (C=O) groups excluding carboxylic acids is 1. The quantitative estimate of drug-likeness (QED) is 0.817. The average Bonchev–Trinajstić information content (AvgIpc) is 2.48. The van der Waals surface area contributed by atoms with Gasteiger partial charge >= 0.3 is 5.97 Å². The molecule has 0 radical (unpaired) electrons. The smallest absolute Gasteiger partial charge is 0.339 e. The highest BCUT2D eigenvalue weighted by molar-refractivity contribution is 5.90. The number of carboxylic acids is 1. The largest absolute Gasteiger partial charge is 0.491 e. The molecule has 1 aromatic rings. The third-order valence-electron chi connectivity index (χ3n) is 3.58. The maximum atomic E-state index is 11.7. The lowest BCUT2D eigenvalue weighted by molar-refractivity contribution is -0.129. The lowest BCUT2D eigenvalue weighted by atomic mass is 10.1. The molecule has 1 aliphatic rings. The summed E-state index contributed by atoms with van der Waals surface area (Å²) in [6, 6.07) is 6.44. The van der Waals surface area contributed by atoms with E-state index in [2.05, 4.69) is 10.2 Å². The Hall–Kier alpha value is -2.08. The van der Waals surface area contributed by atoms with Gasteiger partial charge in [-0.15, -0.1) is 0 Å². The van der Waals surface area contributed by atoms with Crippen molar-refractivity contribution in [3.63, 3.8) is 0 Å². The second-order valence-corrected chi connectivity index (χ2v) is 4.90. The minimum Gasteiger partial charge on any atom is -0.491 e. The molecule has 2 rings (SSSR count). The zero-order chi connectivity index (χ0) is 15.2. The molecule has 1 atom stereocenters. The zero-order valence-corrected chi connectivity index (χ0v) is 12.0. The van der Waals surface area contributed by atoms with Gasteiger partial charge in [0, 0.05) is 19.6 Å². The Morgan fingerprint density at radius 1 is 1.48 bits per heavy atom. The Labute approximate surface area is 123 Å². The number of aromatic carboxylic acids is 1. The summed E-state index contributed by atoms with van der Waals surface area (Å²) in [5, 5.41) is 11.9. The first kappa shape index (κ1) is 15.3. The highest BCUT2D eigenvalue weighted by atomic mass is 16.5. The fourth-order valence-corrected chi connectivity index (χ4v) is 2.52. The number of para-hydroxylation sites is 1. The van der Waals surface area contributed by atoms with Crippen molar-refractivity contribution in [3.05, 3.63) is 29.8 Å². The molecule has 0 aliphatic carbocycles. The molecule has 6 nitrogen and oxygen atoms in total. The molecule has 114 valence electrons. The van der Waals surface area contributed by atoms with Crippen molar-refractivity contribution in [2.24, 2.45) is 0 Å². The van der Waals surface area contributed by atoms with E-state index in [9.17, 15) is 9.59 Å². The lowest BCUT2D eigenvalue weighted by Gasteiger charge is -2.34. The van der Waals surface area contributed by atoms with Gasteiger partial charge < -0.3 is 15.2 Å². The van der Waals surface area contributed by atoms with Gasteiger partial charge in [-0.25, -0.2) is 4.79 Å². The number of benzene rings is 1. The van der Waals surface area contributed by atoms with Crippen LogP contribution in [-0.4, -0.2) is 54.2 Å². The summed E-state index contributed by atoms with van der Waals surface area (Å²) < 4.78 is 5.58. The van der Waals surface area contributed by atoms with Gasteiger partial charge in [0.1, 0.15) is 17.9 Å². The summed E-state index contributed by atoms with van der Waals surface area (Å²) in [6.45, 7) is 4.35. The van der Waals surface area contributed by atoms with E-state index in [-0.39, 0.29) is 17.5 Å². The third kappa shape index (κ3) is 3.72. The fraction of sp³-hybridized carbons (Fsp3) is 0.467. The summed E-state index contributed by atoms with van der Waals surface area (Å²) in [7, 11) is 0. The molecule has 1 fully saturated rings. The van der Waals surface area contributed by atoms with Crippen LogP contribution < -0.4 is 10.1 Å². The second-order valence-electron chi connectivity index (χ2n) is 4.90. The number of piperazine rings is 1. The molecule has 0 spiro atoms. The van der Waals surface area contributed by atoms with Gasteiger partial charge in [0.05, 0.1) is 6.04 Å². The topological polar surface area (TPSA) is 78.9 Å². The second kappa shape index (κ2) is 7.08. The minimum atomic E-state index is -1.01. The van der Waals surface area contributed by atoms with Crippen LogP contribution in [0.4, 0.5) is 0 Å². The van der Waals surface area contributed by atoms with Gasteiger partial charge in [-0.2, -0.15) is 0 Å². The monoisotopic (exact) mass is 292 g/mol.